The number of anilines is 1. The van der Waals surface area contributed by atoms with E-state index in [1.807, 2.05) is 59.5 Å². The number of carbonyl (C=O) groups is 1. The van der Waals surface area contributed by atoms with Crippen LogP contribution in [0.2, 0.25) is 5.02 Å². The lowest BCUT2D eigenvalue weighted by atomic mass is 9.94. The molecule has 4 rings (SSSR count). The molecule has 0 radical (unpaired) electrons. The summed E-state index contributed by atoms with van der Waals surface area (Å²) in [5, 5.41) is 3.80. The average Bonchev–Trinajstić information content (AvgIpc) is 3.25. The number of fused-ring (bicyclic) bond motifs is 2. The van der Waals surface area contributed by atoms with Crippen molar-refractivity contribution >= 4 is 23.3 Å². The fourth-order valence-corrected chi connectivity index (χ4v) is 4.56. The Balaban J connectivity index is 1.54. The van der Waals surface area contributed by atoms with Crippen LogP contribution in [0.15, 0.2) is 54.6 Å². The van der Waals surface area contributed by atoms with Crippen LogP contribution in [-0.4, -0.2) is 17.0 Å². The minimum Gasteiger partial charge on any atom is -0.317 e. The molecule has 2 amide bonds. The Hall–Kier alpha value is -2.00. The molecule has 2 bridgehead atoms. The maximum Gasteiger partial charge on any atom is 0.322 e. The van der Waals surface area contributed by atoms with Crippen LogP contribution < -0.4 is 5.32 Å². The van der Waals surface area contributed by atoms with Crippen LogP contribution in [0.4, 0.5) is 10.5 Å². The lowest BCUT2D eigenvalue weighted by molar-refractivity contribution is 0.154. The standard InChI is InChI=1S/C21H23ClN2O/c22-18-10-7-15(8-11-18)14-24(20-13-16-6-9-17(20)12-16)21(25)23-19-4-2-1-3-5-19/h1-5,7-8,10-11,16-17,20H,6,9,12-14H2,(H,23,25). The fourth-order valence-electron chi connectivity index (χ4n) is 4.44. The van der Waals surface area contributed by atoms with Crippen LogP contribution in [-0.2, 0) is 6.54 Å². The van der Waals surface area contributed by atoms with Crippen molar-refractivity contribution in [3.63, 3.8) is 0 Å². The Morgan fingerprint density at radius 2 is 1.80 bits per heavy atom. The van der Waals surface area contributed by atoms with E-state index in [0.29, 0.717) is 18.5 Å². The highest BCUT2D eigenvalue weighted by atomic mass is 35.5. The smallest absolute Gasteiger partial charge is 0.317 e. The predicted octanol–water partition coefficient (Wildman–Crippen LogP) is 5.56. The van der Waals surface area contributed by atoms with E-state index in [-0.39, 0.29) is 6.03 Å². The van der Waals surface area contributed by atoms with Crippen molar-refractivity contribution in [3.8, 4) is 0 Å². The van der Waals surface area contributed by atoms with Crippen molar-refractivity contribution in [2.24, 2.45) is 11.8 Å². The molecule has 2 aliphatic rings. The Bertz CT molecular complexity index is 731. The lowest BCUT2D eigenvalue weighted by Gasteiger charge is -2.35. The van der Waals surface area contributed by atoms with E-state index in [4.69, 9.17) is 11.6 Å². The topological polar surface area (TPSA) is 32.3 Å². The van der Waals surface area contributed by atoms with Gasteiger partial charge >= 0.3 is 6.03 Å². The van der Waals surface area contributed by atoms with E-state index in [1.165, 1.54) is 19.3 Å². The van der Waals surface area contributed by atoms with Gasteiger partial charge in [0.15, 0.2) is 0 Å². The summed E-state index contributed by atoms with van der Waals surface area (Å²) in [5.41, 5.74) is 1.96. The summed E-state index contributed by atoms with van der Waals surface area (Å²) >= 11 is 6.00. The molecular weight excluding hydrogens is 332 g/mol. The van der Waals surface area contributed by atoms with Crippen LogP contribution >= 0.6 is 11.6 Å². The molecular formula is C21H23ClN2O. The van der Waals surface area contributed by atoms with Gasteiger partial charge in [-0.15, -0.1) is 0 Å². The van der Waals surface area contributed by atoms with Crippen LogP contribution in [0, 0.1) is 11.8 Å². The predicted molar refractivity (Wildman–Crippen MR) is 102 cm³/mol. The summed E-state index contributed by atoms with van der Waals surface area (Å²) in [6, 6.07) is 17.9. The van der Waals surface area contributed by atoms with Gasteiger partial charge in [-0.1, -0.05) is 48.4 Å². The fraction of sp³-hybridized carbons (Fsp3) is 0.381. The van der Waals surface area contributed by atoms with E-state index in [1.54, 1.807) is 0 Å². The third-order valence-corrected chi connectivity index (χ3v) is 5.91. The second-order valence-corrected chi connectivity index (χ2v) is 7.73. The first-order chi connectivity index (χ1) is 12.2. The van der Waals surface area contributed by atoms with Crippen molar-refractivity contribution in [2.45, 2.75) is 38.3 Å². The minimum atomic E-state index is -0.00120. The zero-order valence-electron chi connectivity index (χ0n) is 14.2. The minimum absolute atomic E-state index is 0.00120. The molecule has 2 aliphatic carbocycles. The molecule has 0 aromatic heterocycles. The van der Waals surface area contributed by atoms with Crippen molar-refractivity contribution < 1.29 is 4.79 Å². The molecule has 0 saturated heterocycles. The van der Waals surface area contributed by atoms with Crippen molar-refractivity contribution in [1.82, 2.24) is 4.90 Å². The third kappa shape index (κ3) is 3.67. The molecule has 2 fully saturated rings. The van der Waals surface area contributed by atoms with Gasteiger partial charge in [0.1, 0.15) is 0 Å². The number of nitrogens with zero attached hydrogens (tertiary/aromatic N) is 1. The van der Waals surface area contributed by atoms with Gasteiger partial charge < -0.3 is 10.2 Å². The van der Waals surface area contributed by atoms with Gasteiger partial charge in [-0.3, -0.25) is 0 Å². The van der Waals surface area contributed by atoms with Crippen LogP contribution in [0.1, 0.15) is 31.2 Å². The number of hydrogen-bond donors (Lipinski definition) is 1. The Labute approximate surface area is 154 Å². The molecule has 0 spiro atoms. The molecule has 2 aromatic rings. The molecule has 2 aromatic carbocycles. The summed E-state index contributed by atoms with van der Waals surface area (Å²) in [5.74, 6) is 1.45. The lowest BCUT2D eigenvalue weighted by Crippen LogP contribution is -2.45. The molecule has 0 aliphatic heterocycles. The van der Waals surface area contributed by atoms with E-state index in [0.717, 1.165) is 28.6 Å². The van der Waals surface area contributed by atoms with Crippen molar-refractivity contribution in [3.05, 3.63) is 65.2 Å². The largest absolute Gasteiger partial charge is 0.322 e. The highest BCUT2D eigenvalue weighted by molar-refractivity contribution is 6.30. The first-order valence-corrected chi connectivity index (χ1v) is 9.44. The molecule has 130 valence electrons. The number of urea groups is 1. The maximum absolute atomic E-state index is 13.0. The summed E-state index contributed by atoms with van der Waals surface area (Å²) in [4.78, 5) is 15.1. The molecule has 3 unspecified atom stereocenters. The zero-order valence-corrected chi connectivity index (χ0v) is 15.0. The van der Waals surface area contributed by atoms with Gasteiger partial charge in [0.25, 0.3) is 0 Å². The van der Waals surface area contributed by atoms with Gasteiger partial charge in [0.2, 0.25) is 0 Å². The summed E-state index contributed by atoms with van der Waals surface area (Å²) in [7, 11) is 0. The Kier molecular flexibility index (Phi) is 4.67. The molecule has 1 N–H and O–H groups in total. The molecule has 25 heavy (non-hydrogen) atoms. The molecule has 3 atom stereocenters. The first kappa shape index (κ1) is 16.5. The number of rotatable bonds is 4. The number of nitrogens with one attached hydrogen (secondary N) is 1. The quantitative estimate of drug-likeness (QED) is 0.765. The Morgan fingerprint density at radius 3 is 2.44 bits per heavy atom. The molecule has 3 nitrogen and oxygen atoms in total. The normalized spacial score (nSPS) is 24.3. The number of halogens is 1. The van der Waals surface area contributed by atoms with E-state index < -0.39 is 0 Å². The highest BCUT2D eigenvalue weighted by Gasteiger charge is 2.43. The van der Waals surface area contributed by atoms with Crippen LogP contribution in [0.3, 0.4) is 0 Å². The van der Waals surface area contributed by atoms with Crippen LogP contribution in [0.25, 0.3) is 0 Å². The molecule has 4 heteroatoms. The third-order valence-electron chi connectivity index (χ3n) is 5.65. The second kappa shape index (κ2) is 7.09. The van der Waals surface area contributed by atoms with Crippen molar-refractivity contribution in [1.29, 1.82) is 0 Å². The van der Waals surface area contributed by atoms with Crippen molar-refractivity contribution in [2.75, 3.05) is 5.32 Å². The van der Waals surface area contributed by atoms with Gasteiger partial charge in [0.05, 0.1) is 0 Å². The Morgan fingerprint density at radius 1 is 1.04 bits per heavy atom. The summed E-state index contributed by atoms with van der Waals surface area (Å²) < 4.78 is 0. The maximum atomic E-state index is 13.0. The molecule has 0 heterocycles. The first-order valence-electron chi connectivity index (χ1n) is 9.06. The van der Waals surface area contributed by atoms with Gasteiger partial charge in [-0.25, -0.2) is 4.79 Å². The number of amides is 2. The van der Waals surface area contributed by atoms with E-state index >= 15 is 0 Å². The van der Waals surface area contributed by atoms with E-state index in [9.17, 15) is 4.79 Å². The van der Waals surface area contributed by atoms with Gasteiger partial charge in [-0.2, -0.15) is 0 Å². The number of carbonyl (C=O) groups excluding carboxylic acids is 1. The molecule has 2 saturated carbocycles. The number of hydrogen-bond acceptors (Lipinski definition) is 1. The average molecular weight is 355 g/mol. The highest BCUT2D eigenvalue weighted by Crippen LogP contribution is 2.47. The number of benzene rings is 2. The summed E-state index contributed by atoms with van der Waals surface area (Å²) in [6.45, 7) is 0.629. The second-order valence-electron chi connectivity index (χ2n) is 7.29. The number of para-hydroxylation sites is 1. The summed E-state index contributed by atoms with van der Waals surface area (Å²) in [6.07, 6.45) is 5.00. The van der Waals surface area contributed by atoms with Gasteiger partial charge in [-0.05, 0) is 60.9 Å². The van der Waals surface area contributed by atoms with Gasteiger partial charge in [0, 0.05) is 23.3 Å². The monoisotopic (exact) mass is 354 g/mol. The van der Waals surface area contributed by atoms with Crippen LogP contribution in [0.5, 0.6) is 0 Å². The van der Waals surface area contributed by atoms with E-state index in [2.05, 4.69) is 5.32 Å². The SMILES string of the molecule is O=C(Nc1ccccc1)N(Cc1ccc(Cl)cc1)C1CC2CCC1C2. The zero-order chi connectivity index (χ0) is 17.2.